The Morgan fingerprint density at radius 3 is 2.52 bits per heavy atom. The van der Waals surface area contributed by atoms with Crippen molar-refractivity contribution in [1.29, 1.82) is 0 Å². The van der Waals surface area contributed by atoms with Crippen molar-refractivity contribution in [3.05, 3.63) is 59.8 Å². The van der Waals surface area contributed by atoms with Gasteiger partial charge < -0.3 is 20.9 Å². The number of nitrogens with two attached hydrogens (primary N) is 2. The Morgan fingerprint density at radius 1 is 1.08 bits per heavy atom. The Hall–Kier alpha value is -3.48. The summed E-state index contributed by atoms with van der Waals surface area (Å²) < 4.78 is 11.7. The molecule has 4 N–H and O–H groups in total. The maximum Gasteiger partial charge on any atom is 0.341 e. The molecule has 1 aliphatic heterocycles. The number of aromatic nitrogens is 2. The first-order chi connectivity index (χ1) is 12.1. The smallest absolute Gasteiger partial charge is 0.341 e. The number of nitrogens with zero attached hydrogens (tertiary/aromatic N) is 2. The molecule has 0 unspecified atom stereocenters. The van der Waals surface area contributed by atoms with E-state index in [0.29, 0.717) is 5.56 Å². The molecule has 0 saturated heterocycles. The van der Waals surface area contributed by atoms with Gasteiger partial charge in [0.2, 0.25) is 6.79 Å². The minimum Gasteiger partial charge on any atom is -0.454 e. The standard InChI is InChI=1S/C18H16N4O3/c19-17-14(9-21-22(17)18(20)23)13-4-1-11(2-5-13)7-12-3-6-15-16(8-12)25-10-24-15/h1-6,8-9H,7,10,19H2,(H2,20,23). The Bertz CT molecular complexity index is 947. The van der Waals surface area contributed by atoms with E-state index in [4.69, 9.17) is 20.9 Å². The van der Waals surface area contributed by atoms with E-state index in [9.17, 15) is 4.79 Å². The Balaban J connectivity index is 1.55. The van der Waals surface area contributed by atoms with Crippen LogP contribution in [0.1, 0.15) is 11.1 Å². The molecule has 0 spiro atoms. The third kappa shape index (κ3) is 2.76. The molecule has 0 fully saturated rings. The van der Waals surface area contributed by atoms with Crippen molar-refractivity contribution >= 4 is 11.8 Å². The highest BCUT2D eigenvalue weighted by Gasteiger charge is 2.14. The summed E-state index contributed by atoms with van der Waals surface area (Å²) in [7, 11) is 0. The molecule has 7 heteroatoms. The first kappa shape index (κ1) is 15.1. The summed E-state index contributed by atoms with van der Waals surface area (Å²) in [6.45, 7) is 0.272. The van der Waals surface area contributed by atoms with E-state index in [1.165, 1.54) is 6.20 Å². The van der Waals surface area contributed by atoms with Crippen LogP contribution in [0.2, 0.25) is 0 Å². The zero-order valence-corrected chi connectivity index (χ0v) is 13.3. The van der Waals surface area contributed by atoms with Gasteiger partial charge in [0.15, 0.2) is 11.5 Å². The lowest BCUT2D eigenvalue weighted by molar-refractivity contribution is 0.174. The molecular weight excluding hydrogens is 320 g/mol. The predicted molar refractivity (Wildman–Crippen MR) is 92.4 cm³/mol. The van der Waals surface area contributed by atoms with Gasteiger partial charge in [-0.05, 0) is 35.2 Å². The molecule has 0 radical (unpaired) electrons. The molecule has 3 aromatic rings. The maximum absolute atomic E-state index is 11.2. The number of nitrogen functional groups attached to an aromatic ring is 1. The quantitative estimate of drug-likeness (QED) is 0.764. The third-order valence-corrected chi connectivity index (χ3v) is 4.13. The Kier molecular flexibility index (Phi) is 3.53. The summed E-state index contributed by atoms with van der Waals surface area (Å²) in [6.07, 6.45) is 2.31. The maximum atomic E-state index is 11.2. The topological polar surface area (TPSA) is 105 Å². The van der Waals surface area contributed by atoms with Gasteiger partial charge >= 0.3 is 6.03 Å². The number of primary amides is 1. The van der Waals surface area contributed by atoms with Crippen LogP contribution in [-0.4, -0.2) is 22.6 Å². The Morgan fingerprint density at radius 2 is 1.80 bits per heavy atom. The number of fused-ring (bicyclic) bond motifs is 1. The first-order valence-corrected chi connectivity index (χ1v) is 7.73. The summed E-state index contributed by atoms with van der Waals surface area (Å²) >= 11 is 0. The molecule has 1 aliphatic rings. The van der Waals surface area contributed by atoms with E-state index in [-0.39, 0.29) is 12.6 Å². The zero-order valence-electron chi connectivity index (χ0n) is 13.3. The molecular formula is C18H16N4O3. The van der Waals surface area contributed by atoms with Crippen LogP contribution >= 0.6 is 0 Å². The van der Waals surface area contributed by atoms with Gasteiger partial charge in [0.05, 0.1) is 6.20 Å². The number of carbonyl (C=O) groups is 1. The molecule has 2 aromatic carbocycles. The molecule has 0 atom stereocenters. The van der Waals surface area contributed by atoms with Gasteiger partial charge in [-0.25, -0.2) is 4.79 Å². The summed E-state index contributed by atoms with van der Waals surface area (Å²) in [5.74, 6) is 1.79. The lowest BCUT2D eigenvalue weighted by Crippen LogP contribution is -2.22. The van der Waals surface area contributed by atoms with Gasteiger partial charge in [-0.2, -0.15) is 9.78 Å². The van der Waals surface area contributed by atoms with E-state index in [2.05, 4.69) is 5.10 Å². The molecule has 0 aliphatic carbocycles. The number of hydrogen-bond donors (Lipinski definition) is 2. The average molecular weight is 336 g/mol. The van der Waals surface area contributed by atoms with Crippen LogP contribution in [0.3, 0.4) is 0 Å². The lowest BCUT2D eigenvalue weighted by atomic mass is 10.0. The van der Waals surface area contributed by atoms with Crippen molar-refractivity contribution in [3.63, 3.8) is 0 Å². The van der Waals surface area contributed by atoms with E-state index in [1.54, 1.807) is 0 Å². The van der Waals surface area contributed by atoms with Gasteiger partial charge in [0, 0.05) is 5.56 Å². The minimum absolute atomic E-state index is 0.232. The van der Waals surface area contributed by atoms with Crippen LogP contribution in [0.4, 0.5) is 10.6 Å². The van der Waals surface area contributed by atoms with E-state index >= 15 is 0 Å². The summed E-state index contributed by atoms with van der Waals surface area (Å²) in [5, 5.41) is 3.91. The second-order valence-electron chi connectivity index (χ2n) is 5.75. The van der Waals surface area contributed by atoms with Crippen molar-refractivity contribution in [2.75, 3.05) is 12.5 Å². The molecule has 7 nitrogen and oxygen atoms in total. The molecule has 4 rings (SSSR count). The summed E-state index contributed by atoms with van der Waals surface area (Å²) in [6, 6.07) is 13.2. The van der Waals surface area contributed by atoms with Crippen LogP contribution in [-0.2, 0) is 6.42 Å². The number of amides is 1. The molecule has 0 saturated carbocycles. The number of rotatable bonds is 3. The summed E-state index contributed by atoms with van der Waals surface area (Å²) in [5.41, 5.74) is 15.0. The number of anilines is 1. The van der Waals surface area contributed by atoms with E-state index in [1.807, 2.05) is 42.5 Å². The van der Waals surface area contributed by atoms with Crippen LogP contribution in [0.5, 0.6) is 11.5 Å². The van der Waals surface area contributed by atoms with Gasteiger partial charge in [-0.3, -0.25) is 0 Å². The lowest BCUT2D eigenvalue weighted by Gasteiger charge is -2.06. The average Bonchev–Trinajstić information content (AvgIpc) is 3.21. The van der Waals surface area contributed by atoms with Crippen LogP contribution in [0.15, 0.2) is 48.7 Å². The second kappa shape index (κ2) is 5.86. The Labute approximate surface area is 143 Å². The third-order valence-electron chi connectivity index (χ3n) is 4.13. The molecule has 2 heterocycles. The van der Waals surface area contributed by atoms with Gasteiger partial charge in [0.1, 0.15) is 5.82 Å². The van der Waals surface area contributed by atoms with Crippen molar-refractivity contribution in [1.82, 2.24) is 9.78 Å². The van der Waals surface area contributed by atoms with Gasteiger partial charge in [-0.15, -0.1) is 0 Å². The van der Waals surface area contributed by atoms with Crippen LogP contribution < -0.4 is 20.9 Å². The van der Waals surface area contributed by atoms with Gasteiger partial charge in [-0.1, -0.05) is 30.3 Å². The zero-order chi connectivity index (χ0) is 17.4. The van der Waals surface area contributed by atoms with Gasteiger partial charge in [0.25, 0.3) is 0 Å². The summed E-state index contributed by atoms with van der Waals surface area (Å²) in [4.78, 5) is 11.2. The first-order valence-electron chi connectivity index (χ1n) is 7.73. The highest BCUT2D eigenvalue weighted by Crippen LogP contribution is 2.33. The number of benzene rings is 2. The van der Waals surface area contributed by atoms with Crippen molar-refractivity contribution in [2.24, 2.45) is 5.73 Å². The molecule has 1 amide bonds. The second-order valence-corrected chi connectivity index (χ2v) is 5.75. The van der Waals surface area contributed by atoms with Crippen molar-refractivity contribution in [3.8, 4) is 22.6 Å². The monoisotopic (exact) mass is 336 g/mol. The highest BCUT2D eigenvalue weighted by atomic mass is 16.7. The molecule has 0 bridgehead atoms. The minimum atomic E-state index is -0.705. The van der Waals surface area contributed by atoms with Crippen molar-refractivity contribution in [2.45, 2.75) is 6.42 Å². The molecule has 1 aromatic heterocycles. The fourth-order valence-corrected chi connectivity index (χ4v) is 2.84. The SMILES string of the molecule is NC(=O)n1ncc(-c2ccc(Cc3ccc4c(c3)OCO4)cc2)c1N. The van der Waals surface area contributed by atoms with Crippen molar-refractivity contribution < 1.29 is 14.3 Å². The normalized spacial score (nSPS) is 12.3. The fraction of sp³-hybridized carbons (Fsp3) is 0.111. The number of carbonyl (C=O) groups excluding carboxylic acids is 1. The fourth-order valence-electron chi connectivity index (χ4n) is 2.84. The van der Waals surface area contributed by atoms with E-state index in [0.717, 1.165) is 39.3 Å². The number of ether oxygens (including phenoxy) is 2. The highest BCUT2D eigenvalue weighted by molar-refractivity contribution is 5.83. The van der Waals surface area contributed by atoms with Crippen LogP contribution in [0, 0.1) is 0 Å². The predicted octanol–water partition coefficient (Wildman–Crippen LogP) is 2.38. The molecule has 126 valence electrons. The number of hydrogen-bond acceptors (Lipinski definition) is 5. The molecule has 25 heavy (non-hydrogen) atoms. The van der Waals surface area contributed by atoms with E-state index < -0.39 is 6.03 Å². The largest absolute Gasteiger partial charge is 0.454 e. The van der Waals surface area contributed by atoms with Crippen LogP contribution in [0.25, 0.3) is 11.1 Å².